The summed E-state index contributed by atoms with van der Waals surface area (Å²) < 4.78 is 5.49. The fraction of sp³-hybridized carbons (Fsp3) is 0.968. The Labute approximate surface area is 432 Å². The summed E-state index contributed by atoms with van der Waals surface area (Å²) in [5, 5.41) is 23.3. The lowest BCUT2D eigenvalue weighted by molar-refractivity contribution is -0.143. The molecule has 0 spiro atoms. The van der Waals surface area contributed by atoms with Crippen molar-refractivity contribution in [3.63, 3.8) is 0 Å². The number of nitrogens with one attached hydrogen (secondary N) is 1. The van der Waals surface area contributed by atoms with Crippen LogP contribution in [0.15, 0.2) is 0 Å². The fourth-order valence-electron chi connectivity index (χ4n) is 10.3. The smallest absolute Gasteiger partial charge is 0.305 e. The molecule has 0 aromatic rings. The largest absolute Gasteiger partial charge is 0.466 e. The first kappa shape index (κ1) is 67.9. The maximum Gasteiger partial charge on any atom is 0.305 e. The van der Waals surface area contributed by atoms with Crippen molar-refractivity contribution in [3.8, 4) is 0 Å². The highest BCUT2D eigenvalue weighted by molar-refractivity contribution is 5.76. The Morgan fingerprint density at radius 1 is 0.348 bits per heavy atom. The third kappa shape index (κ3) is 56.0. The molecule has 0 aliphatic rings. The van der Waals surface area contributed by atoms with Crippen LogP contribution in [0.3, 0.4) is 0 Å². The van der Waals surface area contributed by atoms with Gasteiger partial charge in [0.05, 0.1) is 25.4 Å². The van der Waals surface area contributed by atoms with Gasteiger partial charge in [0.2, 0.25) is 5.91 Å². The Morgan fingerprint density at radius 2 is 0.594 bits per heavy atom. The van der Waals surface area contributed by atoms with Crippen LogP contribution in [0.1, 0.15) is 367 Å². The number of aliphatic hydroxyl groups is 2. The van der Waals surface area contributed by atoms with E-state index in [1.807, 2.05) is 0 Å². The Balaban J connectivity index is 3.38. The number of esters is 1. The minimum absolute atomic E-state index is 0.0141. The van der Waals surface area contributed by atoms with E-state index in [4.69, 9.17) is 4.74 Å². The van der Waals surface area contributed by atoms with Crippen LogP contribution in [0.5, 0.6) is 0 Å². The molecule has 0 saturated carbocycles. The summed E-state index contributed by atoms with van der Waals surface area (Å²) in [6.45, 7) is 4.99. The van der Waals surface area contributed by atoms with Gasteiger partial charge in [0.1, 0.15) is 0 Å². The fourth-order valence-corrected chi connectivity index (χ4v) is 10.3. The summed E-state index contributed by atoms with van der Waals surface area (Å²) in [5.74, 6) is -0.0185. The van der Waals surface area contributed by atoms with E-state index >= 15 is 0 Å². The van der Waals surface area contributed by atoms with Gasteiger partial charge in [-0.15, -0.1) is 0 Å². The van der Waals surface area contributed by atoms with Crippen LogP contribution in [-0.4, -0.2) is 47.4 Å². The zero-order valence-corrected chi connectivity index (χ0v) is 47.1. The van der Waals surface area contributed by atoms with Gasteiger partial charge >= 0.3 is 5.97 Å². The molecule has 0 aliphatic carbocycles. The summed E-state index contributed by atoms with van der Waals surface area (Å²) in [6, 6.07) is -0.542. The van der Waals surface area contributed by atoms with Gasteiger partial charge in [0.15, 0.2) is 0 Å². The van der Waals surface area contributed by atoms with Crippen LogP contribution in [-0.2, 0) is 14.3 Å². The molecule has 69 heavy (non-hydrogen) atoms. The van der Waals surface area contributed by atoms with Crippen molar-refractivity contribution < 1.29 is 24.5 Å². The Kier molecular flexibility index (Phi) is 58.4. The van der Waals surface area contributed by atoms with Gasteiger partial charge in [0, 0.05) is 12.8 Å². The lowest BCUT2D eigenvalue weighted by atomic mass is 10.0. The summed E-state index contributed by atoms with van der Waals surface area (Å²) in [4.78, 5) is 24.6. The standard InChI is InChI=1S/C63H125NO5/c1-3-5-7-9-11-13-15-17-19-20-25-28-31-35-39-43-47-51-55-61(66)60(59-65)64-62(67)56-52-48-44-40-36-32-29-26-23-21-22-24-27-30-34-38-42-46-50-54-58-69-63(68)57-53-49-45-41-37-33-18-16-14-12-10-8-6-4-2/h60-61,65-66H,3-59H2,1-2H3,(H,64,67). The molecule has 2 atom stereocenters. The van der Waals surface area contributed by atoms with Crippen LogP contribution in [0.2, 0.25) is 0 Å². The van der Waals surface area contributed by atoms with E-state index in [2.05, 4.69) is 19.2 Å². The topological polar surface area (TPSA) is 95.9 Å². The highest BCUT2D eigenvalue weighted by Crippen LogP contribution is 2.19. The van der Waals surface area contributed by atoms with Crippen LogP contribution in [0.4, 0.5) is 0 Å². The second kappa shape index (κ2) is 59.4. The Morgan fingerprint density at radius 3 is 0.884 bits per heavy atom. The number of hydrogen-bond donors (Lipinski definition) is 3. The second-order valence-electron chi connectivity index (χ2n) is 22.1. The third-order valence-corrected chi connectivity index (χ3v) is 15.2. The van der Waals surface area contributed by atoms with Crippen LogP contribution in [0, 0.1) is 0 Å². The number of unbranched alkanes of at least 4 members (excludes halogenated alkanes) is 49. The van der Waals surface area contributed by atoms with E-state index in [9.17, 15) is 19.8 Å². The minimum Gasteiger partial charge on any atom is -0.466 e. The maximum absolute atomic E-state index is 12.5. The Bertz CT molecular complexity index is 990. The zero-order valence-electron chi connectivity index (χ0n) is 47.1. The van der Waals surface area contributed by atoms with Crippen molar-refractivity contribution in [2.24, 2.45) is 0 Å². The number of rotatable bonds is 60. The van der Waals surface area contributed by atoms with E-state index in [1.165, 1.54) is 295 Å². The highest BCUT2D eigenvalue weighted by atomic mass is 16.5. The lowest BCUT2D eigenvalue weighted by Gasteiger charge is -2.22. The molecular weight excluding hydrogens is 851 g/mol. The zero-order chi connectivity index (χ0) is 50.0. The summed E-state index contributed by atoms with van der Waals surface area (Å²) in [5.41, 5.74) is 0. The summed E-state index contributed by atoms with van der Waals surface area (Å²) in [6.07, 6.45) is 69.7. The first-order valence-corrected chi connectivity index (χ1v) is 31.8. The second-order valence-corrected chi connectivity index (χ2v) is 22.1. The molecule has 0 rings (SSSR count). The molecule has 0 aromatic carbocycles. The number of carbonyl (C=O) groups excluding carboxylic acids is 2. The van der Waals surface area contributed by atoms with Crippen molar-refractivity contribution in [1.29, 1.82) is 0 Å². The van der Waals surface area contributed by atoms with Crippen molar-refractivity contribution in [1.82, 2.24) is 5.32 Å². The van der Waals surface area contributed by atoms with Gasteiger partial charge in [-0.05, 0) is 25.7 Å². The van der Waals surface area contributed by atoms with Crippen molar-refractivity contribution in [2.75, 3.05) is 13.2 Å². The molecule has 0 radical (unpaired) electrons. The van der Waals surface area contributed by atoms with Gasteiger partial charge in [0.25, 0.3) is 0 Å². The van der Waals surface area contributed by atoms with Crippen molar-refractivity contribution in [2.45, 2.75) is 379 Å². The molecule has 0 bridgehead atoms. The van der Waals surface area contributed by atoms with Crippen LogP contribution >= 0.6 is 0 Å². The monoisotopic (exact) mass is 976 g/mol. The molecule has 1 amide bonds. The molecule has 6 nitrogen and oxygen atoms in total. The number of hydrogen-bond acceptors (Lipinski definition) is 5. The average Bonchev–Trinajstić information content (AvgIpc) is 3.35. The number of amides is 1. The number of ether oxygens (including phenoxy) is 1. The molecule has 0 saturated heterocycles. The molecule has 3 N–H and O–H groups in total. The molecule has 0 aromatic heterocycles. The highest BCUT2D eigenvalue weighted by Gasteiger charge is 2.20. The Hall–Kier alpha value is -1.14. The van der Waals surface area contributed by atoms with Crippen LogP contribution < -0.4 is 5.32 Å². The quantitative estimate of drug-likeness (QED) is 0.0417. The number of carbonyl (C=O) groups is 2. The summed E-state index contributed by atoms with van der Waals surface area (Å²) in [7, 11) is 0. The lowest BCUT2D eigenvalue weighted by Crippen LogP contribution is -2.45. The van der Waals surface area contributed by atoms with Crippen molar-refractivity contribution in [3.05, 3.63) is 0 Å². The van der Waals surface area contributed by atoms with Gasteiger partial charge in [-0.25, -0.2) is 0 Å². The molecule has 0 fully saturated rings. The SMILES string of the molecule is CCCCCCCCCCCCCCCCCCCCC(O)C(CO)NC(=O)CCCCCCCCCCCCCCCCCCCCCCOC(=O)CCCCCCCCCCCCCCCC. The maximum atomic E-state index is 12.5. The van der Waals surface area contributed by atoms with Gasteiger partial charge in [-0.2, -0.15) is 0 Å². The first-order chi connectivity index (χ1) is 34.0. The van der Waals surface area contributed by atoms with E-state index in [0.29, 0.717) is 25.9 Å². The predicted molar refractivity (Wildman–Crippen MR) is 301 cm³/mol. The molecular formula is C63H125NO5. The van der Waals surface area contributed by atoms with Gasteiger partial charge < -0.3 is 20.3 Å². The normalized spacial score (nSPS) is 12.5. The van der Waals surface area contributed by atoms with E-state index in [0.717, 1.165) is 38.5 Å². The van der Waals surface area contributed by atoms with Crippen LogP contribution in [0.25, 0.3) is 0 Å². The van der Waals surface area contributed by atoms with E-state index in [1.54, 1.807) is 0 Å². The summed E-state index contributed by atoms with van der Waals surface area (Å²) >= 11 is 0. The molecule has 2 unspecified atom stereocenters. The molecule has 0 heterocycles. The van der Waals surface area contributed by atoms with E-state index in [-0.39, 0.29) is 18.5 Å². The van der Waals surface area contributed by atoms with Gasteiger partial charge in [-0.1, -0.05) is 328 Å². The van der Waals surface area contributed by atoms with Crippen molar-refractivity contribution >= 4 is 11.9 Å². The molecule has 6 heteroatoms. The first-order valence-electron chi connectivity index (χ1n) is 31.8. The molecule has 412 valence electrons. The third-order valence-electron chi connectivity index (χ3n) is 15.2. The minimum atomic E-state index is -0.665. The average molecular weight is 977 g/mol. The molecule has 0 aliphatic heterocycles. The van der Waals surface area contributed by atoms with E-state index < -0.39 is 12.1 Å². The predicted octanol–water partition coefficient (Wildman–Crippen LogP) is 19.9. The number of aliphatic hydroxyl groups excluding tert-OH is 2. The van der Waals surface area contributed by atoms with Gasteiger partial charge in [-0.3, -0.25) is 9.59 Å².